The number of alkyl halides is 3. The minimum absolute atomic E-state index is 0.0769. The number of carbonyl (C=O) groups excluding carboxylic acids is 1. The van der Waals surface area contributed by atoms with Gasteiger partial charge in [-0.3, -0.25) is 4.79 Å². The third-order valence-corrected chi connectivity index (χ3v) is 4.45. The highest BCUT2D eigenvalue weighted by molar-refractivity contribution is 5.98. The van der Waals surface area contributed by atoms with Crippen LogP contribution < -0.4 is 4.74 Å². The van der Waals surface area contributed by atoms with E-state index in [0.717, 1.165) is 18.9 Å². The Morgan fingerprint density at radius 2 is 1.86 bits per heavy atom. The number of hydrogen-bond donors (Lipinski definition) is 0. The highest BCUT2D eigenvalue weighted by Crippen LogP contribution is 2.40. The summed E-state index contributed by atoms with van der Waals surface area (Å²) in [4.78, 5) is 12.5. The summed E-state index contributed by atoms with van der Waals surface area (Å²) in [6.07, 6.45) is -1.32. The molecule has 0 aliphatic carbocycles. The van der Waals surface area contributed by atoms with Gasteiger partial charge in [0.05, 0.1) is 24.9 Å². The first-order valence-electron chi connectivity index (χ1n) is 7.33. The number of ether oxygens (including phenoxy) is 2. The second kappa shape index (κ2) is 5.57. The van der Waals surface area contributed by atoms with Crippen molar-refractivity contribution in [3.63, 3.8) is 0 Å². The fraction of sp³-hybridized carbons (Fsp3) is 0.562. The van der Waals surface area contributed by atoms with Crippen LogP contribution in [0.1, 0.15) is 41.6 Å². The van der Waals surface area contributed by atoms with E-state index in [-0.39, 0.29) is 35.2 Å². The minimum Gasteiger partial charge on any atom is -0.496 e. The predicted octanol–water partition coefficient (Wildman–Crippen LogP) is 3.85. The van der Waals surface area contributed by atoms with Crippen LogP contribution in [0.2, 0.25) is 0 Å². The van der Waals surface area contributed by atoms with Gasteiger partial charge in [-0.25, -0.2) is 0 Å². The van der Waals surface area contributed by atoms with E-state index in [0.29, 0.717) is 12.8 Å². The monoisotopic (exact) mass is 314 g/mol. The molecule has 0 radical (unpaired) electrons. The van der Waals surface area contributed by atoms with Crippen LogP contribution in [-0.2, 0) is 10.9 Å². The van der Waals surface area contributed by atoms with Crippen molar-refractivity contribution >= 4 is 5.78 Å². The Hall–Kier alpha value is -1.56. The Balaban J connectivity index is 1.86. The van der Waals surface area contributed by atoms with Crippen molar-refractivity contribution in [1.82, 2.24) is 0 Å². The number of halogens is 3. The van der Waals surface area contributed by atoms with Gasteiger partial charge in [-0.2, -0.15) is 13.2 Å². The Bertz CT molecular complexity index is 570. The van der Waals surface area contributed by atoms with Crippen molar-refractivity contribution < 1.29 is 27.4 Å². The summed E-state index contributed by atoms with van der Waals surface area (Å²) in [7, 11) is 1.18. The first-order chi connectivity index (χ1) is 10.4. The van der Waals surface area contributed by atoms with Crippen LogP contribution in [0.3, 0.4) is 0 Å². The number of rotatable bonds is 3. The van der Waals surface area contributed by atoms with Crippen molar-refractivity contribution in [3.8, 4) is 5.75 Å². The van der Waals surface area contributed by atoms with Gasteiger partial charge in [-0.05, 0) is 43.9 Å². The number of benzene rings is 1. The van der Waals surface area contributed by atoms with E-state index in [1.165, 1.54) is 19.2 Å². The van der Waals surface area contributed by atoms with Gasteiger partial charge in [-0.1, -0.05) is 0 Å². The maximum atomic E-state index is 13.0. The average Bonchev–Trinajstić information content (AvgIpc) is 2.83. The lowest BCUT2D eigenvalue weighted by atomic mass is 9.87. The topological polar surface area (TPSA) is 35.5 Å². The summed E-state index contributed by atoms with van der Waals surface area (Å²) in [6.45, 7) is 0. The summed E-state index contributed by atoms with van der Waals surface area (Å²) in [6, 6.07) is 3.52. The van der Waals surface area contributed by atoms with Crippen LogP contribution in [0.4, 0.5) is 13.2 Å². The van der Waals surface area contributed by atoms with Gasteiger partial charge in [0, 0.05) is 11.5 Å². The van der Waals surface area contributed by atoms with Gasteiger partial charge in [0.2, 0.25) is 0 Å². The van der Waals surface area contributed by atoms with Gasteiger partial charge < -0.3 is 9.47 Å². The van der Waals surface area contributed by atoms with E-state index in [2.05, 4.69) is 0 Å². The van der Waals surface area contributed by atoms with Crippen LogP contribution in [0.5, 0.6) is 5.75 Å². The number of ketones is 1. The van der Waals surface area contributed by atoms with Crippen molar-refractivity contribution in [3.05, 3.63) is 29.3 Å². The van der Waals surface area contributed by atoms with Gasteiger partial charge in [0.1, 0.15) is 5.75 Å². The zero-order valence-electron chi connectivity index (χ0n) is 12.2. The SMILES string of the molecule is COc1ccc(C(=O)C2CC3CCC(C2)O3)cc1C(F)(F)F. The summed E-state index contributed by atoms with van der Waals surface area (Å²) in [5, 5.41) is 0. The Kier molecular flexibility index (Phi) is 3.89. The predicted molar refractivity (Wildman–Crippen MR) is 72.9 cm³/mol. The number of carbonyl (C=O) groups is 1. The molecule has 22 heavy (non-hydrogen) atoms. The molecule has 2 fully saturated rings. The standard InChI is InChI=1S/C16H17F3O3/c1-21-14-5-2-9(8-13(14)16(17,18)19)15(20)10-6-11-3-4-12(7-10)22-11/h2,5,8,10-12H,3-4,6-7H2,1H3. The summed E-state index contributed by atoms with van der Waals surface area (Å²) in [5.74, 6) is -0.745. The highest BCUT2D eigenvalue weighted by Gasteiger charge is 2.39. The lowest BCUT2D eigenvalue weighted by molar-refractivity contribution is -0.138. The van der Waals surface area contributed by atoms with Gasteiger partial charge in [0.25, 0.3) is 0 Å². The smallest absolute Gasteiger partial charge is 0.419 e. The van der Waals surface area contributed by atoms with Crippen LogP contribution in [0, 0.1) is 5.92 Å². The zero-order valence-corrected chi connectivity index (χ0v) is 12.2. The number of methoxy groups -OCH3 is 1. The van der Waals surface area contributed by atoms with E-state index in [1.807, 2.05) is 0 Å². The molecule has 0 N–H and O–H groups in total. The lowest BCUT2D eigenvalue weighted by Gasteiger charge is -2.27. The third-order valence-electron chi connectivity index (χ3n) is 4.45. The average molecular weight is 314 g/mol. The van der Waals surface area contributed by atoms with Crippen molar-refractivity contribution in [2.75, 3.05) is 7.11 Å². The molecule has 3 rings (SSSR count). The van der Waals surface area contributed by atoms with E-state index in [1.54, 1.807) is 0 Å². The maximum Gasteiger partial charge on any atom is 0.419 e. The molecule has 6 heteroatoms. The van der Waals surface area contributed by atoms with E-state index < -0.39 is 11.7 Å². The summed E-state index contributed by atoms with van der Waals surface area (Å²) in [5.41, 5.74) is -0.810. The Morgan fingerprint density at radius 1 is 1.23 bits per heavy atom. The van der Waals surface area contributed by atoms with Crippen LogP contribution >= 0.6 is 0 Å². The van der Waals surface area contributed by atoms with Gasteiger partial charge in [-0.15, -0.1) is 0 Å². The molecular weight excluding hydrogens is 297 g/mol. The number of Topliss-reactive ketones (excluding diaryl/α,β-unsaturated/α-hetero) is 1. The highest BCUT2D eigenvalue weighted by atomic mass is 19.4. The van der Waals surface area contributed by atoms with Crippen molar-refractivity contribution in [1.29, 1.82) is 0 Å². The van der Waals surface area contributed by atoms with Gasteiger partial charge >= 0.3 is 6.18 Å². The van der Waals surface area contributed by atoms with Gasteiger partial charge in [0.15, 0.2) is 5.78 Å². The van der Waals surface area contributed by atoms with Crippen molar-refractivity contribution in [2.45, 2.75) is 44.1 Å². The molecule has 0 aromatic heterocycles. The third kappa shape index (κ3) is 2.84. The summed E-state index contributed by atoms with van der Waals surface area (Å²) >= 11 is 0. The Labute approximate surface area is 126 Å². The zero-order chi connectivity index (χ0) is 15.9. The molecule has 0 spiro atoms. The number of hydrogen-bond acceptors (Lipinski definition) is 3. The van der Waals surface area contributed by atoms with E-state index >= 15 is 0 Å². The fourth-order valence-electron chi connectivity index (χ4n) is 3.39. The molecule has 0 amide bonds. The first kappa shape index (κ1) is 15.3. The molecule has 120 valence electrons. The lowest BCUT2D eigenvalue weighted by Crippen LogP contribution is -2.30. The molecule has 1 aromatic carbocycles. The molecule has 2 unspecified atom stereocenters. The molecule has 0 saturated carbocycles. The maximum absolute atomic E-state index is 13.0. The minimum atomic E-state index is -4.55. The fourth-order valence-corrected chi connectivity index (χ4v) is 3.39. The first-order valence-corrected chi connectivity index (χ1v) is 7.33. The van der Waals surface area contributed by atoms with Crippen LogP contribution in [0.15, 0.2) is 18.2 Å². The Morgan fingerprint density at radius 3 is 2.41 bits per heavy atom. The second-order valence-electron chi connectivity index (χ2n) is 5.90. The molecule has 3 nitrogen and oxygen atoms in total. The van der Waals surface area contributed by atoms with Crippen LogP contribution in [-0.4, -0.2) is 25.1 Å². The molecule has 2 bridgehead atoms. The molecule has 1 aromatic rings. The quantitative estimate of drug-likeness (QED) is 0.795. The molecule has 2 heterocycles. The van der Waals surface area contributed by atoms with Crippen molar-refractivity contribution in [2.24, 2.45) is 5.92 Å². The molecule has 2 aliphatic rings. The largest absolute Gasteiger partial charge is 0.496 e. The molecule has 2 atom stereocenters. The molecule has 2 aliphatic heterocycles. The summed E-state index contributed by atoms with van der Waals surface area (Å²) < 4.78 is 49.6. The normalized spacial score (nSPS) is 27.7. The van der Waals surface area contributed by atoms with E-state index in [9.17, 15) is 18.0 Å². The molecule has 2 saturated heterocycles. The van der Waals surface area contributed by atoms with Crippen LogP contribution in [0.25, 0.3) is 0 Å². The van der Waals surface area contributed by atoms with E-state index in [4.69, 9.17) is 9.47 Å². The number of fused-ring (bicyclic) bond motifs is 2. The second-order valence-corrected chi connectivity index (χ2v) is 5.90. The molecular formula is C16H17F3O3.